The number of fused-ring (bicyclic) bond motifs is 1. The van der Waals surface area contributed by atoms with E-state index in [1.165, 1.54) is 0 Å². The summed E-state index contributed by atoms with van der Waals surface area (Å²) in [7, 11) is 1.66. The first kappa shape index (κ1) is 21.1. The van der Waals surface area contributed by atoms with Gasteiger partial charge in [0, 0.05) is 36.6 Å². The van der Waals surface area contributed by atoms with Crippen LogP contribution in [0.2, 0.25) is 0 Å². The molecule has 1 aliphatic carbocycles. The lowest BCUT2D eigenvalue weighted by Crippen LogP contribution is -2.33. The third kappa shape index (κ3) is 4.88. The number of nitrogens with two attached hydrogens (primary N) is 1. The number of ether oxygens (including phenoxy) is 1. The molecule has 0 radical (unpaired) electrons. The van der Waals surface area contributed by atoms with Gasteiger partial charge in [-0.3, -0.25) is 0 Å². The van der Waals surface area contributed by atoms with Gasteiger partial charge in [-0.15, -0.1) is 5.10 Å². The molecule has 1 aliphatic rings. The zero-order chi connectivity index (χ0) is 22.6. The minimum absolute atomic E-state index is 0.326. The summed E-state index contributed by atoms with van der Waals surface area (Å²) in [6, 6.07) is 12.6. The number of benzene rings is 1. The molecule has 0 amide bonds. The Labute approximate surface area is 192 Å². The van der Waals surface area contributed by atoms with Gasteiger partial charge in [-0.2, -0.15) is 0 Å². The summed E-state index contributed by atoms with van der Waals surface area (Å²) in [5.74, 6) is 2.23. The Kier molecular flexibility index (Phi) is 6.03. The molecule has 0 unspecified atom stereocenters. The van der Waals surface area contributed by atoms with Crippen molar-refractivity contribution in [3.8, 4) is 17.0 Å². The summed E-state index contributed by atoms with van der Waals surface area (Å²) in [6.07, 6.45) is 9.61. The van der Waals surface area contributed by atoms with Gasteiger partial charge < -0.3 is 21.1 Å². The second kappa shape index (κ2) is 9.41. The SMILES string of the molecule is COc1ccc(CNc2ncc(-c3cnc4ccc(NC5CCC(N)CC5)nn34)cn2)cc1. The maximum atomic E-state index is 6.03. The summed E-state index contributed by atoms with van der Waals surface area (Å²) >= 11 is 0. The fourth-order valence-corrected chi connectivity index (χ4v) is 4.10. The van der Waals surface area contributed by atoms with Crippen LogP contribution in [0.5, 0.6) is 5.75 Å². The van der Waals surface area contributed by atoms with Gasteiger partial charge in [0.2, 0.25) is 5.95 Å². The summed E-state index contributed by atoms with van der Waals surface area (Å²) in [4.78, 5) is 13.4. The summed E-state index contributed by atoms with van der Waals surface area (Å²) in [5, 5.41) is 11.6. The average Bonchev–Trinajstić information content (AvgIpc) is 3.28. The predicted molar refractivity (Wildman–Crippen MR) is 128 cm³/mol. The number of hydrogen-bond donors (Lipinski definition) is 3. The third-order valence-electron chi connectivity index (χ3n) is 6.04. The number of aromatic nitrogens is 5. The van der Waals surface area contributed by atoms with E-state index in [1.54, 1.807) is 25.7 Å². The molecule has 1 saturated carbocycles. The molecule has 33 heavy (non-hydrogen) atoms. The van der Waals surface area contributed by atoms with E-state index >= 15 is 0 Å². The van der Waals surface area contributed by atoms with Gasteiger partial charge in [0.25, 0.3) is 0 Å². The Morgan fingerprint density at radius 3 is 2.45 bits per heavy atom. The third-order valence-corrected chi connectivity index (χ3v) is 6.04. The first-order valence-corrected chi connectivity index (χ1v) is 11.2. The van der Waals surface area contributed by atoms with Crippen molar-refractivity contribution in [2.75, 3.05) is 17.7 Å². The summed E-state index contributed by atoms with van der Waals surface area (Å²) in [6.45, 7) is 0.627. The highest BCUT2D eigenvalue weighted by Gasteiger charge is 2.19. The second-order valence-electron chi connectivity index (χ2n) is 8.39. The van der Waals surface area contributed by atoms with Crippen molar-refractivity contribution in [2.45, 2.75) is 44.3 Å². The minimum Gasteiger partial charge on any atom is -0.497 e. The van der Waals surface area contributed by atoms with Crippen LogP contribution in [0, 0.1) is 0 Å². The Bertz CT molecular complexity index is 1200. The lowest BCUT2D eigenvalue weighted by Gasteiger charge is -2.27. The van der Waals surface area contributed by atoms with Crippen LogP contribution in [0.3, 0.4) is 0 Å². The average molecular weight is 445 g/mol. The maximum absolute atomic E-state index is 6.03. The molecule has 4 N–H and O–H groups in total. The second-order valence-corrected chi connectivity index (χ2v) is 8.39. The van der Waals surface area contributed by atoms with Crippen LogP contribution in [0.15, 0.2) is 55.0 Å². The van der Waals surface area contributed by atoms with Gasteiger partial charge in [-0.05, 0) is 55.5 Å². The van der Waals surface area contributed by atoms with Gasteiger partial charge in [-0.1, -0.05) is 12.1 Å². The quantitative estimate of drug-likeness (QED) is 0.397. The zero-order valence-corrected chi connectivity index (χ0v) is 18.6. The predicted octanol–water partition coefficient (Wildman–Crippen LogP) is 3.49. The standard InChI is InChI=1S/C24H28N8O/c1-33-20-8-2-16(3-9-20)12-27-24-28-13-17(14-29-24)21-15-26-23-11-10-22(31-32(21)23)30-19-6-4-18(25)5-7-19/h2-3,8-11,13-15,18-19H,4-7,12,25H2,1H3,(H,30,31)(H,27,28,29). The molecule has 9 nitrogen and oxygen atoms in total. The molecule has 5 rings (SSSR count). The molecule has 9 heteroatoms. The molecule has 1 fully saturated rings. The molecule has 0 saturated heterocycles. The number of hydrogen-bond acceptors (Lipinski definition) is 8. The van der Waals surface area contributed by atoms with Crippen molar-refractivity contribution in [1.29, 1.82) is 0 Å². The van der Waals surface area contributed by atoms with E-state index in [0.717, 1.165) is 59.7 Å². The number of nitrogens with one attached hydrogen (secondary N) is 2. The van der Waals surface area contributed by atoms with Crippen molar-refractivity contribution in [3.63, 3.8) is 0 Å². The normalized spacial score (nSPS) is 18.2. The molecule has 0 spiro atoms. The van der Waals surface area contributed by atoms with Crippen LogP contribution >= 0.6 is 0 Å². The highest BCUT2D eigenvalue weighted by Crippen LogP contribution is 2.23. The van der Waals surface area contributed by atoms with Crippen LogP contribution in [-0.2, 0) is 6.54 Å². The molecule has 3 heterocycles. The lowest BCUT2D eigenvalue weighted by atomic mass is 9.92. The number of anilines is 2. The lowest BCUT2D eigenvalue weighted by molar-refractivity contribution is 0.410. The van der Waals surface area contributed by atoms with Crippen LogP contribution in [0.4, 0.5) is 11.8 Å². The smallest absolute Gasteiger partial charge is 0.222 e. The number of nitrogens with zero attached hydrogens (tertiary/aromatic N) is 5. The van der Waals surface area contributed by atoms with E-state index in [4.69, 9.17) is 15.6 Å². The van der Waals surface area contributed by atoms with E-state index < -0.39 is 0 Å². The topological polar surface area (TPSA) is 115 Å². The van der Waals surface area contributed by atoms with Gasteiger partial charge in [0.1, 0.15) is 11.6 Å². The van der Waals surface area contributed by atoms with E-state index in [9.17, 15) is 0 Å². The van der Waals surface area contributed by atoms with E-state index in [0.29, 0.717) is 24.6 Å². The molecular weight excluding hydrogens is 416 g/mol. The molecule has 4 aromatic rings. The van der Waals surface area contributed by atoms with E-state index in [-0.39, 0.29) is 0 Å². The van der Waals surface area contributed by atoms with Crippen molar-refractivity contribution in [1.82, 2.24) is 24.6 Å². The van der Waals surface area contributed by atoms with Crippen molar-refractivity contribution < 1.29 is 4.74 Å². The van der Waals surface area contributed by atoms with E-state index in [1.807, 2.05) is 40.9 Å². The van der Waals surface area contributed by atoms with Crippen molar-refractivity contribution in [3.05, 3.63) is 60.6 Å². The molecule has 0 bridgehead atoms. The minimum atomic E-state index is 0.326. The Morgan fingerprint density at radius 2 is 1.73 bits per heavy atom. The molecule has 1 aromatic carbocycles. The fourth-order valence-electron chi connectivity index (χ4n) is 4.10. The van der Waals surface area contributed by atoms with Crippen LogP contribution in [0.1, 0.15) is 31.2 Å². The first-order valence-electron chi connectivity index (χ1n) is 11.2. The van der Waals surface area contributed by atoms with Gasteiger partial charge >= 0.3 is 0 Å². The van der Waals surface area contributed by atoms with E-state index in [2.05, 4.69) is 25.6 Å². The molecule has 3 aromatic heterocycles. The monoisotopic (exact) mass is 444 g/mol. The highest BCUT2D eigenvalue weighted by atomic mass is 16.5. The largest absolute Gasteiger partial charge is 0.497 e. The number of methoxy groups -OCH3 is 1. The van der Waals surface area contributed by atoms with Gasteiger partial charge in [0.05, 0.1) is 19.0 Å². The summed E-state index contributed by atoms with van der Waals surface area (Å²) in [5.41, 5.74) is 9.63. The molecule has 0 aliphatic heterocycles. The number of rotatable bonds is 7. The molecule has 170 valence electrons. The van der Waals surface area contributed by atoms with Gasteiger partial charge in [0.15, 0.2) is 5.65 Å². The van der Waals surface area contributed by atoms with Gasteiger partial charge in [-0.25, -0.2) is 19.5 Å². The van der Waals surface area contributed by atoms with Crippen molar-refractivity contribution in [2.24, 2.45) is 5.73 Å². The Balaban J connectivity index is 1.28. The number of imidazole rings is 1. The van der Waals surface area contributed by atoms with Crippen molar-refractivity contribution >= 4 is 17.4 Å². The maximum Gasteiger partial charge on any atom is 0.222 e. The first-order chi connectivity index (χ1) is 16.2. The highest BCUT2D eigenvalue weighted by molar-refractivity contribution is 5.62. The molecule has 0 atom stereocenters. The summed E-state index contributed by atoms with van der Waals surface area (Å²) < 4.78 is 7.03. The fraction of sp³-hybridized carbons (Fsp3) is 0.333. The zero-order valence-electron chi connectivity index (χ0n) is 18.6. The Hall–Kier alpha value is -3.72. The molecular formula is C24H28N8O. The van der Waals surface area contributed by atoms with Crippen LogP contribution < -0.4 is 21.1 Å². The van der Waals surface area contributed by atoms with Crippen LogP contribution in [0.25, 0.3) is 16.9 Å². The van der Waals surface area contributed by atoms with Crippen LogP contribution in [-0.4, -0.2) is 43.8 Å². The Morgan fingerprint density at radius 1 is 0.970 bits per heavy atom.